The van der Waals surface area contributed by atoms with Crippen LogP contribution in [0.5, 0.6) is 0 Å². The molecule has 3 N–H and O–H groups in total. The summed E-state index contributed by atoms with van der Waals surface area (Å²) in [6, 6.07) is 22.8. The summed E-state index contributed by atoms with van der Waals surface area (Å²) in [6.07, 6.45) is 0.848. The van der Waals surface area contributed by atoms with Crippen LogP contribution in [0, 0.1) is 6.92 Å². The van der Waals surface area contributed by atoms with Gasteiger partial charge in [-0.1, -0.05) is 60.3 Å². The van der Waals surface area contributed by atoms with E-state index in [0.717, 1.165) is 29.2 Å². The summed E-state index contributed by atoms with van der Waals surface area (Å²) in [5.74, 6) is -0.126. The van der Waals surface area contributed by atoms with Gasteiger partial charge in [-0.2, -0.15) is 0 Å². The van der Waals surface area contributed by atoms with Crippen LogP contribution in [0.1, 0.15) is 11.1 Å². The predicted molar refractivity (Wildman–Crippen MR) is 132 cm³/mol. The second-order valence-electron chi connectivity index (χ2n) is 7.63. The molecule has 0 fully saturated rings. The fourth-order valence-electron chi connectivity index (χ4n) is 3.58. The summed E-state index contributed by atoms with van der Waals surface area (Å²) < 4.78 is 25.6. The van der Waals surface area contributed by atoms with Gasteiger partial charge in [-0.05, 0) is 48.7 Å². The quantitative estimate of drug-likeness (QED) is 0.371. The number of imidazole rings is 1. The first-order valence-electron chi connectivity index (χ1n) is 10.4. The predicted octanol–water partition coefficient (Wildman–Crippen LogP) is 3.97. The lowest BCUT2D eigenvalue weighted by Gasteiger charge is -2.10. The molecule has 1 aromatic heterocycles. The number of aryl methyl sites for hydroxylation is 3. The standard InChI is InChI=1S/C24H24N4O3S2/c1-17-11-12-19(15-22(17)33(25,30)31)26-23(29)16-32-24-27-20-9-5-6-10-21(20)28(24)14-13-18-7-3-2-4-8-18/h2-12,15H,13-14,16H2,1H3,(H,26,29)(H2,25,30,31). The Balaban J connectivity index is 1.48. The summed E-state index contributed by atoms with van der Waals surface area (Å²) in [6.45, 7) is 2.39. The number of nitrogens with two attached hydrogens (primary N) is 1. The van der Waals surface area contributed by atoms with Crippen molar-refractivity contribution in [2.24, 2.45) is 5.14 Å². The molecule has 0 saturated carbocycles. The number of hydrogen-bond donors (Lipinski definition) is 2. The summed E-state index contributed by atoms with van der Waals surface area (Å²) in [4.78, 5) is 17.3. The van der Waals surface area contributed by atoms with Crippen molar-refractivity contribution < 1.29 is 13.2 Å². The van der Waals surface area contributed by atoms with Gasteiger partial charge in [-0.25, -0.2) is 18.5 Å². The van der Waals surface area contributed by atoms with Crippen molar-refractivity contribution in [3.05, 3.63) is 83.9 Å². The second kappa shape index (κ2) is 9.78. The molecule has 0 aliphatic heterocycles. The number of nitrogens with zero attached hydrogens (tertiary/aromatic N) is 2. The van der Waals surface area contributed by atoms with Crippen molar-refractivity contribution in [3.8, 4) is 0 Å². The maximum atomic E-state index is 12.6. The van der Waals surface area contributed by atoms with E-state index in [1.54, 1.807) is 19.1 Å². The number of hydrogen-bond acceptors (Lipinski definition) is 5. The van der Waals surface area contributed by atoms with Crippen molar-refractivity contribution in [3.63, 3.8) is 0 Å². The maximum Gasteiger partial charge on any atom is 0.238 e. The van der Waals surface area contributed by atoms with E-state index in [4.69, 9.17) is 10.1 Å². The highest BCUT2D eigenvalue weighted by Crippen LogP contribution is 2.25. The van der Waals surface area contributed by atoms with Crippen molar-refractivity contribution in [2.45, 2.75) is 29.9 Å². The fourth-order valence-corrected chi connectivity index (χ4v) is 5.23. The number of amides is 1. The zero-order valence-electron chi connectivity index (χ0n) is 18.1. The Bertz CT molecular complexity index is 1400. The molecule has 0 bridgehead atoms. The Morgan fingerprint density at radius 1 is 1.06 bits per heavy atom. The molecule has 1 amide bonds. The molecule has 1 heterocycles. The Labute approximate surface area is 197 Å². The van der Waals surface area contributed by atoms with Crippen LogP contribution < -0.4 is 10.5 Å². The van der Waals surface area contributed by atoms with E-state index in [2.05, 4.69) is 22.0 Å². The average molecular weight is 481 g/mol. The van der Waals surface area contributed by atoms with Gasteiger partial charge in [0.2, 0.25) is 15.9 Å². The average Bonchev–Trinajstić information content (AvgIpc) is 3.15. The first-order chi connectivity index (χ1) is 15.8. The molecule has 9 heteroatoms. The number of para-hydroxylation sites is 2. The highest BCUT2D eigenvalue weighted by molar-refractivity contribution is 7.99. The van der Waals surface area contributed by atoms with Crippen molar-refractivity contribution in [1.29, 1.82) is 0 Å². The van der Waals surface area contributed by atoms with Gasteiger partial charge in [0.25, 0.3) is 0 Å². The van der Waals surface area contributed by atoms with Gasteiger partial charge in [0.15, 0.2) is 5.16 Å². The third-order valence-corrected chi connectivity index (χ3v) is 7.23. The molecule has 170 valence electrons. The molecule has 33 heavy (non-hydrogen) atoms. The lowest BCUT2D eigenvalue weighted by molar-refractivity contribution is -0.113. The van der Waals surface area contributed by atoms with Gasteiger partial charge >= 0.3 is 0 Å². The molecule has 7 nitrogen and oxygen atoms in total. The maximum absolute atomic E-state index is 12.6. The number of aromatic nitrogens is 2. The minimum atomic E-state index is -3.87. The number of carbonyl (C=O) groups is 1. The number of nitrogens with one attached hydrogen (secondary N) is 1. The van der Waals surface area contributed by atoms with Gasteiger partial charge in [-0.15, -0.1) is 0 Å². The van der Waals surface area contributed by atoms with Crippen LogP contribution in [0.3, 0.4) is 0 Å². The van der Waals surface area contributed by atoms with Crippen molar-refractivity contribution >= 4 is 44.4 Å². The molecule has 0 spiro atoms. The second-order valence-corrected chi connectivity index (χ2v) is 10.1. The lowest BCUT2D eigenvalue weighted by atomic mass is 10.1. The van der Waals surface area contributed by atoms with Gasteiger partial charge in [0, 0.05) is 12.2 Å². The van der Waals surface area contributed by atoms with Crippen LogP contribution in [0.2, 0.25) is 0 Å². The van der Waals surface area contributed by atoms with Crippen LogP contribution in [-0.2, 0) is 27.8 Å². The third-order valence-electron chi connectivity index (χ3n) is 5.20. The fraction of sp³-hybridized carbons (Fsp3) is 0.167. The normalized spacial score (nSPS) is 11.6. The van der Waals surface area contributed by atoms with E-state index in [-0.39, 0.29) is 16.6 Å². The van der Waals surface area contributed by atoms with E-state index in [9.17, 15) is 13.2 Å². The van der Waals surface area contributed by atoms with E-state index in [1.165, 1.54) is 23.4 Å². The first-order valence-corrected chi connectivity index (χ1v) is 12.9. The number of anilines is 1. The largest absolute Gasteiger partial charge is 0.325 e. The zero-order valence-corrected chi connectivity index (χ0v) is 19.7. The molecule has 3 aromatic carbocycles. The van der Waals surface area contributed by atoms with E-state index in [1.807, 2.05) is 42.5 Å². The molecule has 0 atom stereocenters. The first kappa shape index (κ1) is 23.0. The summed E-state index contributed by atoms with van der Waals surface area (Å²) in [5.41, 5.74) is 4.04. The Kier molecular flexibility index (Phi) is 6.83. The lowest BCUT2D eigenvalue weighted by Crippen LogP contribution is -2.17. The van der Waals surface area contributed by atoms with Gasteiger partial charge in [-0.3, -0.25) is 4.79 Å². The highest BCUT2D eigenvalue weighted by atomic mass is 32.2. The van der Waals surface area contributed by atoms with Crippen LogP contribution in [0.15, 0.2) is 82.8 Å². The Hall–Kier alpha value is -3.14. The van der Waals surface area contributed by atoms with E-state index < -0.39 is 10.0 Å². The van der Waals surface area contributed by atoms with Crippen LogP contribution >= 0.6 is 11.8 Å². The number of sulfonamides is 1. The summed E-state index contributed by atoms with van der Waals surface area (Å²) in [7, 11) is -3.87. The minimum absolute atomic E-state index is 0.00402. The van der Waals surface area contributed by atoms with Crippen molar-refractivity contribution in [1.82, 2.24) is 9.55 Å². The molecule has 4 aromatic rings. The molecule has 0 radical (unpaired) electrons. The van der Waals surface area contributed by atoms with E-state index >= 15 is 0 Å². The highest BCUT2D eigenvalue weighted by Gasteiger charge is 2.15. The number of primary sulfonamides is 1. The number of carbonyl (C=O) groups excluding carboxylic acids is 1. The number of thioether (sulfide) groups is 1. The van der Waals surface area contributed by atoms with E-state index in [0.29, 0.717) is 11.3 Å². The zero-order chi connectivity index (χ0) is 23.4. The SMILES string of the molecule is Cc1ccc(NC(=O)CSc2nc3ccccc3n2CCc2ccccc2)cc1S(N)(=O)=O. The number of fused-ring (bicyclic) bond motifs is 1. The van der Waals surface area contributed by atoms with Gasteiger partial charge in [0.05, 0.1) is 21.7 Å². The smallest absolute Gasteiger partial charge is 0.238 e. The summed E-state index contributed by atoms with van der Waals surface area (Å²) >= 11 is 1.35. The molecule has 0 aliphatic carbocycles. The van der Waals surface area contributed by atoms with Crippen LogP contribution in [0.4, 0.5) is 5.69 Å². The van der Waals surface area contributed by atoms with Crippen LogP contribution in [0.25, 0.3) is 11.0 Å². The Morgan fingerprint density at radius 3 is 2.55 bits per heavy atom. The molecule has 0 saturated heterocycles. The summed E-state index contributed by atoms with van der Waals surface area (Å²) in [5, 5.41) is 8.77. The molecular formula is C24H24N4O3S2. The topological polar surface area (TPSA) is 107 Å². The Morgan fingerprint density at radius 2 is 1.79 bits per heavy atom. The van der Waals surface area contributed by atoms with Gasteiger partial charge < -0.3 is 9.88 Å². The minimum Gasteiger partial charge on any atom is -0.325 e. The molecule has 4 rings (SSSR count). The number of rotatable bonds is 8. The number of benzene rings is 3. The van der Waals surface area contributed by atoms with Crippen molar-refractivity contribution in [2.75, 3.05) is 11.1 Å². The third kappa shape index (κ3) is 5.62. The molecule has 0 aliphatic rings. The van der Waals surface area contributed by atoms with Gasteiger partial charge in [0.1, 0.15) is 0 Å². The monoisotopic (exact) mass is 480 g/mol. The molecule has 0 unspecified atom stereocenters. The van der Waals surface area contributed by atoms with Crippen LogP contribution in [-0.4, -0.2) is 29.6 Å². The molecular weight excluding hydrogens is 456 g/mol.